The van der Waals surface area contributed by atoms with Crippen molar-refractivity contribution < 1.29 is 37.2 Å². The van der Waals surface area contributed by atoms with Gasteiger partial charge in [-0.1, -0.05) is 18.2 Å². The summed E-state index contributed by atoms with van der Waals surface area (Å²) in [5, 5.41) is 31.8. The van der Waals surface area contributed by atoms with Crippen LogP contribution in [-0.2, 0) is 25.8 Å². The molecule has 1 amide bonds. The fourth-order valence-corrected chi connectivity index (χ4v) is 5.19. The maximum atomic E-state index is 14.8. The highest BCUT2D eigenvalue weighted by Crippen LogP contribution is 2.33. The van der Waals surface area contributed by atoms with E-state index in [9.17, 15) is 32.4 Å². The third-order valence-electron chi connectivity index (χ3n) is 5.06. The summed E-state index contributed by atoms with van der Waals surface area (Å²) in [6.07, 6.45) is -0.141. The minimum atomic E-state index is -4.34. The maximum absolute atomic E-state index is 14.8. The zero-order valence-corrected chi connectivity index (χ0v) is 19.9. The number of alkyl carbamates (subject to hydrolysis) is 1. The van der Waals surface area contributed by atoms with Crippen molar-refractivity contribution in [1.29, 1.82) is 5.26 Å². The lowest BCUT2D eigenvalue weighted by Gasteiger charge is -2.28. The van der Waals surface area contributed by atoms with Crippen LogP contribution >= 0.6 is 0 Å². The molecule has 1 aromatic rings. The van der Waals surface area contributed by atoms with Crippen LogP contribution in [0, 0.1) is 11.3 Å². The highest BCUT2D eigenvalue weighted by Gasteiger charge is 2.43. The number of amides is 1. The molecular formula is C22H23BFN3O7S. The molecule has 2 heterocycles. The van der Waals surface area contributed by atoms with Gasteiger partial charge in [-0.25, -0.2) is 13.2 Å². The van der Waals surface area contributed by atoms with Crippen LogP contribution in [-0.4, -0.2) is 54.9 Å². The van der Waals surface area contributed by atoms with Gasteiger partial charge in [0.15, 0.2) is 21.6 Å². The first-order valence-corrected chi connectivity index (χ1v) is 12.1. The first-order valence-electron chi connectivity index (χ1n) is 10.5. The van der Waals surface area contributed by atoms with Crippen LogP contribution in [0.3, 0.4) is 0 Å². The lowest BCUT2D eigenvalue weighted by Crippen LogP contribution is -2.51. The minimum Gasteiger partial charge on any atom is -0.444 e. The summed E-state index contributed by atoms with van der Waals surface area (Å²) in [5.74, 6) is -3.03. The van der Waals surface area contributed by atoms with Gasteiger partial charge in [0.2, 0.25) is 0 Å². The van der Waals surface area contributed by atoms with Gasteiger partial charge in [0.1, 0.15) is 16.7 Å². The summed E-state index contributed by atoms with van der Waals surface area (Å²) in [5.41, 5.74) is -1.15. The summed E-state index contributed by atoms with van der Waals surface area (Å²) < 4.78 is 46.0. The molecule has 4 N–H and O–H groups in total. The number of allylic oxidation sites excluding steroid dienone is 3. The molecule has 1 aromatic carbocycles. The Labute approximate surface area is 201 Å². The van der Waals surface area contributed by atoms with E-state index in [1.165, 1.54) is 12.1 Å². The summed E-state index contributed by atoms with van der Waals surface area (Å²) >= 11 is 0. The summed E-state index contributed by atoms with van der Waals surface area (Å²) in [7, 11) is -6.65. The average molecular weight is 503 g/mol. The van der Waals surface area contributed by atoms with Crippen LogP contribution < -0.4 is 10.6 Å². The smallest absolute Gasteiger partial charge is 0.444 e. The number of benzene rings is 1. The predicted octanol–water partition coefficient (Wildman–Crippen LogP) is 0.926. The number of nitrogens with zero attached hydrogens (tertiary/aromatic N) is 1. The van der Waals surface area contributed by atoms with Gasteiger partial charge in [0, 0.05) is 5.47 Å². The van der Waals surface area contributed by atoms with Crippen LogP contribution in [0.2, 0.25) is 0 Å². The number of carbonyl (C=O) groups is 2. The molecule has 0 saturated heterocycles. The molecule has 2 aliphatic rings. The van der Waals surface area contributed by atoms with Crippen molar-refractivity contribution in [3.63, 3.8) is 0 Å². The fourth-order valence-electron chi connectivity index (χ4n) is 3.56. The second-order valence-electron chi connectivity index (χ2n) is 8.97. The standard InChI is InChI=1S/C22H23BFN3O7S/c1-22(2,3)34-21(29)26-16-11-35(32,33)20-17(18(16)28)14(9-15(23(30)31)19(24)27-20)8-12-4-6-13(10-25)7-5-12/h4-7,9,16,27,30-31H,8,11H2,1-3H3,(H,26,29)/t16-/m0/s1. The van der Waals surface area contributed by atoms with E-state index in [-0.39, 0.29) is 12.0 Å². The van der Waals surface area contributed by atoms with Gasteiger partial charge in [0.25, 0.3) is 0 Å². The number of halogens is 1. The van der Waals surface area contributed by atoms with E-state index in [1.807, 2.05) is 11.4 Å². The van der Waals surface area contributed by atoms with Gasteiger partial charge in [-0.15, -0.1) is 0 Å². The Bertz CT molecular complexity index is 1300. The van der Waals surface area contributed by atoms with E-state index in [4.69, 9.17) is 10.00 Å². The Balaban J connectivity index is 2.10. The van der Waals surface area contributed by atoms with Crippen LogP contribution in [0.1, 0.15) is 31.9 Å². The molecule has 35 heavy (non-hydrogen) atoms. The summed E-state index contributed by atoms with van der Waals surface area (Å²) in [4.78, 5) is 25.7. The molecule has 0 aliphatic carbocycles. The van der Waals surface area contributed by atoms with E-state index in [0.29, 0.717) is 11.1 Å². The van der Waals surface area contributed by atoms with Gasteiger partial charge < -0.3 is 25.4 Å². The summed E-state index contributed by atoms with van der Waals surface area (Å²) in [6.45, 7) is 4.78. The van der Waals surface area contributed by atoms with Crippen LogP contribution in [0.4, 0.5) is 9.18 Å². The number of nitrogens with one attached hydrogen (secondary N) is 2. The molecule has 0 spiro atoms. The second kappa shape index (κ2) is 9.65. The van der Waals surface area contributed by atoms with Crippen molar-refractivity contribution in [2.45, 2.75) is 38.8 Å². The van der Waals surface area contributed by atoms with Gasteiger partial charge in [-0.3, -0.25) is 4.79 Å². The molecule has 0 saturated carbocycles. The number of hydrogen-bond donors (Lipinski definition) is 4. The number of rotatable bonds is 4. The Morgan fingerprint density at radius 2 is 1.94 bits per heavy atom. The Morgan fingerprint density at radius 3 is 2.49 bits per heavy atom. The average Bonchev–Trinajstić information content (AvgIpc) is 2.88. The van der Waals surface area contributed by atoms with Crippen LogP contribution in [0.25, 0.3) is 0 Å². The minimum absolute atomic E-state index is 0.0304. The van der Waals surface area contributed by atoms with E-state index in [1.54, 1.807) is 32.9 Å². The second-order valence-corrected chi connectivity index (χ2v) is 10.9. The van der Waals surface area contributed by atoms with Crippen LogP contribution in [0.5, 0.6) is 0 Å². The van der Waals surface area contributed by atoms with Gasteiger partial charge in [-0.05, 0) is 50.5 Å². The van der Waals surface area contributed by atoms with Crippen molar-refractivity contribution in [2.24, 2.45) is 0 Å². The molecule has 0 fully saturated rings. The molecule has 1 atom stereocenters. The van der Waals surface area contributed by atoms with E-state index < -0.39 is 68.3 Å². The highest BCUT2D eigenvalue weighted by atomic mass is 32.2. The van der Waals surface area contributed by atoms with Crippen molar-refractivity contribution >= 4 is 28.8 Å². The Hall–Kier alpha value is -3.47. The molecule has 2 aliphatic heterocycles. The molecule has 184 valence electrons. The number of ether oxygens (including phenoxy) is 1. The largest absolute Gasteiger partial charge is 0.493 e. The van der Waals surface area contributed by atoms with Crippen LogP contribution in [0.15, 0.2) is 57.9 Å². The van der Waals surface area contributed by atoms with E-state index in [2.05, 4.69) is 5.32 Å². The third-order valence-corrected chi connectivity index (χ3v) is 6.76. The van der Waals surface area contributed by atoms with E-state index >= 15 is 0 Å². The van der Waals surface area contributed by atoms with Gasteiger partial charge in [0.05, 0.1) is 23.0 Å². The van der Waals surface area contributed by atoms with Gasteiger partial charge in [-0.2, -0.15) is 9.65 Å². The first kappa shape index (κ1) is 26.1. The van der Waals surface area contributed by atoms with Crippen molar-refractivity contribution in [3.8, 4) is 6.07 Å². The Morgan fingerprint density at radius 1 is 1.31 bits per heavy atom. The first-order chi connectivity index (χ1) is 16.2. The number of Topliss-reactive ketones (excluding diaryl/α,β-unsaturated/α-hetero) is 1. The molecular weight excluding hydrogens is 480 g/mol. The highest BCUT2D eigenvalue weighted by molar-refractivity contribution is 7.95. The molecule has 0 aromatic heterocycles. The zero-order valence-electron chi connectivity index (χ0n) is 19.1. The summed E-state index contributed by atoms with van der Waals surface area (Å²) in [6, 6.07) is 6.56. The van der Waals surface area contributed by atoms with Crippen molar-refractivity contribution in [1.82, 2.24) is 10.6 Å². The number of nitriles is 1. The normalized spacial score (nSPS) is 19.6. The van der Waals surface area contributed by atoms with Crippen molar-refractivity contribution in [2.75, 3.05) is 5.75 Å². The lowest BCUT2D eigenvalue weighted by molar-refractivity contribution is -0.117. The maximum Gasteiger partial charge on any atom is 0.493 e. The predicted molar refractivity (Wildman–Crippen MR) is 123 cm³/mol. The quantitative estimate of drug-likeness (QED) is 0.345. The fraction of sp³-hybridized carbons (Fsp3) is 0.318. The zero-order chi connectivity index (χ0) is 26.1. The molecule has 13 heteroatoms. The Kier molecular flexibility index (Phi) is 7.21. The molecule has 10 nitrogen and oxygen atoms in total. The number of sulfone groups is 1. The lowest BCUT2D eigenvalue weighted by atomic mass is 9.77. The topological polar surface area (TPSA) is 166 Å². The number of hydrogen-bond acceptors (Lipinski definition) is 9. The molecule has 0 bridgehead atoms. The van der Waals surface area contributed by atoms with Gasteiger partial charge >= 0.3 is 13.2 Å². The monoisotopic (exact) mass is 503 g/mol. The molecule has 3 rings (SSSR count). The number of ketones is 1. The molecule has 0 radical (unpaired) electrons. The number of carbonyl (C=O) groups excluding carboxylic acids is 2. The van der Waals surface area contributed by atoms with Crippen molar-refractivity contribution in [3.05, 3.63) is 69.1 Å². The SMILES string of the molecule is CC(C)(C)OC(=O)N[C@H]1CS(=O)(=O)C2=C(C1=O)C(Cc1ccc(C#N)cc1)=CC(B(O)O)=C(F)N2. The van der Waals surface area contributed by atoms with E-state index in [0.717, 1.165) is 6.08 Å². The molecule has 0 unspecified atom stereocenters. The third kappa shape index (κ3) is 5.97.